The predicted molar refractivity (Wildman–Crippen MR) is 87.3 cm³/mol. The molecule has 21 heavy (non-hydrogen) atoms. The van der Waals surface area contributed by atoms with Crippen LogP contribution < -0.4 is 5.32 Å². The number of aromatic nitrogens is 4. The number of benzene rings is 2. The number of para-hydroxylation sites is 1. The molecular weight excluding hydrogens is 354 g/mol. The number of hydrogen-bond donors (Lipinski definition) is 2. The molecule has 2 heterocycles. The molecule has 2 N–H and O–H groups in total. The van der Waals surface area contributed by atoms with Gasteiger partial charge in [-0.15, -0.1) is 0 Å². The lowest BCUT2D eigenvalue weighted by molar-refractivity contribution is 1.01. The monoisotopic (exact) mass is 361 g/mol. The van der Waals surface area contributed by atoms with E-state index < -0.39 is 0 Å². The molecule has 0 spiro atoms. The predicted octanol–water partition coefficient (Wildman–Crippen LogP) is 4.37. The van der Waals surface area contributed by atoms with Crippen LogP contribution in [0.2, 0.25) is 5.02 Å². The summed E-state index contributed by atoms with van der Waals surface area (Å²) in [5.74, 6) is 1.20. The first kappa shape index (κ1) is 12.7. The molecule has 0 fully saturated rings. The molecule has 0 aliphatic carbocycles. The molecule has 5 nitrogen and oxygen atoms in total. The Kier molecular flexibility index (Phi) is 2.87. The molecule has 0 aliphatic rings. The van der Waals surface area contributed by atoms with Gasteiger partial charge in [0.25, 0.3) is 5.78 Å². The van der Waals surface area contributed by atoms with Crippen molar-refractivity contribution in [1.82, 2.24) is 19.6 Å². The van der Waals surface area contributed by atoms with Crippen LogP contribution in [0.1, 0.15) is 0 Å². The third-order valence-corrected chi connectivity index (χ3v) is 3.98. The molecule has 0 aliphatic heterocycles. The highest BCUT2D eigenvalue weighted by atomic mass is 79.9. The average Bonchev–Trinajstić information content (AvgIpc) is 2.97. The standard InChI is InChI=1S/C14H9BrClN5/c15-8-5-6-12-11(7-8)18-14-19-13(20-21(12)14)17-10-4-2-1-3-9(10)16/h1-7H,(H2,17,18,19,20). The lowest BCUT2D eigenvalue weighted by atomic mass is 10.3. The maximum atomic E-state index is 6.13. The van der Waals surface area contributed by atoms with Gasteiger partial charge in [0, 0.05) is 4.47 Å². The number of hydrogen-bond acceptors (Lipinski definition) is 3. The van der Waals surface area contributed by atoms with Gasteiger partial charge in [-0.2, -0.15) is 4.98 Å². The van der Waals surface area contributed by atoms with Crippen LogP contribution in [0.15, 0.2) is 46.9 Å². The summed E-state index contributed by atoms with van der Waals surface area (Å²) in [7, 11) is 0. The summed E-state index contributed by atoms with van der Waals surface area (Å²) in [4.78, 5) is 8.91. The van der Waals surface area contributed by atoms with Crippen LogP contribution in [-0.4, -0.2) is 19.6 Å². The first-order valence-corrected chi connectivity index (χ1v) is 7.43. The second-order valence-electron chi connectivity index (χ2n) is 4.56. The van der Waals surface area contributed by atoms with E-state index in [1.807, 2.05) is 47.0 Å². The fraction of sp³-hybridized carbons (Fsp3) is 0. The minimum Gasteiger partial charge on any atom is -0.323 e. The highest BCUT2D eigenvalue weighted by Crippen LogP contribution is 2.25. The van der Waals surface area contributed by atoms with E-state index in [1.54, 1.807) is 0 Å². The molecule has 2 aromatic heterocycles. The number of H-pyrrole nitrogens is 1. The number of rotatable bonds is 2. The minimum atomic E-state index is 0.593. The first-order valence-electron chi connectivity index (χ1n) is 6.26. The second kappa shape index (κ2) is 4.75. The zero-order valence-corrected chi connectivity index (χ0v) is 13.0. The summed E-state index contributed by atoms with van der Waals surface area (Å²) in [5, 5.41) is 6.97. The molecule has 7 heteroatoms. The number of nitrogens with zero attached hydrogens (tertiary/aromatic N) is 3. The quantitative estimate of drug-likeness (QED) is 0.557. The molecule has 0 atom stereocenters. The van der Waals surface area contributed by atoms with Gasteiger partial charge in [-0.3, -0.25) is 5.10 Å². The molecule has 4 aromatic rings. The van der Waals surface area contributed by atoms with Gasteiger partial charge in [-0.1, -0.05) is 39.7 Å². The van der Waals surface area contributed by atoms with Crippen LogP contribution in [0.3, 0.4) is 0 Å². The molecule has 4 rings (SSSR count). The van der Waals surface area contributed by atoms with Crippen molar-refractivity contribution in [2.45, 2.75) is 0 Å². The van der Waals surface area contributed by atoms with Crippen molar-refractivity contribution in [1.29, 1.82) is 0 Å². The van der Waals surface area contributed by atoms with Crippen LogP contribution >= 0.6 is 27.5 Å². The van der Waals surface area contributed by atoms with Gasteiger partial charge in [0.1, 0.15) is 0 Å². The molecular formula is C14H9BrClN5. The lowest BCUT2D eigenvalue weighted by Crippen LogP contribution is -1.94. The molecule has 0 radical (unpaired) electrons. The summed E-state index contributed by atoms with van der Waals surface area (Å²) in [5.41, 5.74) is 2.64. The Hall–Kier alpha value is -2.05. The molecule has 2 aromatic carbocycles. The zero-order chi connectivity index (χ0) is 14.4. The van der Waals surface area contributed by atoms with Gasteiger partial charge in [-0.05, 0) is 30.3 Å². The van der Waals surface area contributed by atoms with E-state index in [0.29, 0.717) is 16.7 Å². The van der Waals surface area contributed by atoms with E-state index in [0.717, 1.165) is 21.2 Å². The molecule has 0 saturated heterocycles. The summed E-state index contributed by atoms with van der Waals surface area (Å²) in [6, 6.07) is 13.4. The average molecular weight is 363 g/mol. The van der Waals surface area contributed by atoms with Crippen molar-refractivity contribution in [3.63, 3.8) is 0 Å². The van der Waals surface area contributed by atoms with E-state index in [2.05, 4.69) is 36.3 Å². The smallest absolute Gasteiger partial charge is 0.253 e. The fourth-order valence-electron chi connectivity index (χ4n) is 2.20. The van der Waals surface area contributed by atoms with Crippen molar-refractivity contribution >= 4 is 56.0 Å². The van der Waals surface area contributed by atoms with E-state index in [1.165, 1.54) is 0 Å². The number of nitrogens with one attached hydrogen (secondary N) is 2. The third kappa shape index (κ3) is 2.16. The van der Waals surface area contributed by atoms with Gasteiger partial charge in [0.2, 0.25) is 5.95 Å². The molecule has 0 amide bonds. The van der Waals surface area contributed by atoms with Crippen molar-refractivity contribution in [3.8, 4) is 0 Å². The van der Waals surface area contributed by atoms with Crippen molar-refractivity contribution in [2.75, 3.05) is 5.32 Å². The van der Waals surface area contributed by atoms with Crippen LogP contribution in [0, 0.1) is 0 Å². The third-order valence-electron chi connectivity index (χ3n) is 3.16. The van der Waals surface area contributed by atoms with Crippen LogP contribution in [-0.2, 0) is 0 Å². The Morgan fingerprint density at radius 1 is 1.14 bits per heavy atom. The second-order valence-corrected chi connectivity index (χ2v) is 5.88. The number of anilines is 2. The number of halogens is 2. The zero-order valence-electron chi connectivity index (χ0n) is 10.6. The minimum absolute atomic E-state index is 0.593. The Morgan fingerprint density at radius 3 is 2.86 bits per heavy atom. The summed E-state index contributed by atoms with van der Waals surface area (Å²) < 4.78 is 2.83. The SMILES string of the molecule is Clc1ccccc1Nc1nc2nc3cc(Br)ccc3n2[nH]1. The fourth-order valence-corrected chi connectivity index (χ4v) is 2.73. The molecule has 0 unspecified atom stereocenters. The van der Waals surface area contributed by atoms with E-state index in [9.17, 15) is 0 Å². The van der Waals surface area contributed by atoms with Gasteiger partial charge in [0.05, 0.1) is 21.7 Å². The normalized spacial score (nSPS) is 11.3. The van der Waals surface area contributed by atoms with Gasteiger partial charge in [-0.25, -0.2) is 9.50 Å². The summed E-state index contributed by atoms with van der Waals surface area (Å²) in [6.45, 7) is 0. The summed E-state index contributed by atoms with van der Waals surface area (Å²) >= 11 is 9.57. The molecule has 0 bridgehead atoms. The topological polar surface area (TPSA) is 58.0 Å². The Labute approximate surface area is 133 Å². The number of aromatic amines is 1. The molecule has 0 saturated carbocycles. The van der Waals surface area contributed by atoms with E-state index in [-0.39, 0.29) is 0 Å². The van der Waals surface area contributed by atoms with Crippen LogP contribution in [0.4, 0.5) is 11.6 Å². The van der Waals surface area contributed by atoms with E-state index >= 15 is 0 Å². The highest BCUT2D eigenvalue weighted by molar-refractivity contribution is 9.10. The Bertz CT molecular complexity index is 958. The number of fused-ring (bicyclic) bond motifs is 3. The maximum Gasteiger partial charge on any atom is 0.253 e. The van der Waals surface area contributed by atoms with Crippen LogP contribution in [0.25, 0.3) is 16.8 Å². The summed E-state index contributed by atoms with van der Waals surface area (Å²) in [6.07, 6.45) is 0. The highest BCUT2D eigenvalue weighted by Gasteiger charge is 2.10. The van der Waals surface area contributed by atoms with Gasteiger partial charge < -0.3 is 5.32 Å². The first-order chi connectivity index (χ1) is 10.2. The maximum absolute atomic E-state index is 6.13. The van der Waals surface area contributed by atoms with Gasteiger partial charge >= 0.3 is 0 Å². The Balaban J connectivity index is 1.79. The van der Waals surface area contributed by atoms with Crippen LogP contribution in [0.5, 0.6) is 0 Å². The Morgan fingerprint density at radius 2 is 2.00 bits per heavy atom. The largest absolute Gasteiger partial charge is 0.323 e. The van der Waals surface area contributed by atoms with Crippen molar-refractivity contribution < 1.29 is 0 Å². The van der Waals surface area contributed by atoms with Crippen molar-refractivity contribution in [2.24, 2.45) is 0 Å². The van der Waals surface area contributed by atoms with E-state index in [4.69, 9.17) is 11.6 Å². The lowest BCUT2D eigenvalue weighted by Gasteiger charge is -2.03. The number of imidazole rings is 1. The van der Waals surface area contributed by atoms with Crippen molar-refractivity contribution in [3.05, 3.63) is 52.0 Å². The molecule has 104 valence electrons. The van der Waals surface area contributed by atoms with Gasteiger partial charge in [0.15, 0.2) is 0 Å².